The molecular formula is C18H23IN4O2. The standard InChI is InChI=1S/C18H22N4O2.HI/c1-13-4-3-5-15(10-13)22-18(19)21-12-17(23)20-11-14-6-8-16(24-2)9-7-14;/h3-10H,11-12H2,1-2H3,(H,20,23)(H3,19,21,22);1H. The molecule has 0 bridgehead atoms. The van der Waals surface area contributed by atoms with Crippen LogP contribution in [0.5, 0.6) is 5.75 Å². The Hall–Kier alpha value is -2.29. The first-order valence-electron chi connectivity index (χ1n) is 7.60. The van der Waals surface area contributed by atoms with Crippen LogP contribution in [0, 0.1) is 6.92 Å². The number of methoxy groups -OCH3 is 1. The van der Waals surface area contributed by atoms with Crippen LogP contribution >= 0.6 is 24.0 Å². The summed E-state index contributed by atoms with van der Waals surface area (Å²) < 4.78 is 5.09. The number of carbonyl (C=O) groups excluding carboxylic acids is 1. The van der Waals surface area contributed by atoms with Gasteiger partial charge in [-0.2, -0.15) is 0 Å². The lowest BCUT2D eigenvalue weighted by molar-refractivity contribution is -0.119. The van der Waals surface area contributed by atoms with Gasteiger partial charge in [0.05, 0.1) is 7.11 Å². The Morgan fingerprint density at radius 3 is 2.56 bits per heavy atom. The van der Waals surface area contributed by atoms with Gasteiger partial charge >= 0.3 is 0 Å². The molecule has 0 spiro atoms. The van der Waals surface area contributed by atoms with Crippen molar-refractivity contribution in [3.05, 3.63) is 59.7 Å². The van der Waals surface area contributed by atoms with Gasteiger partial charge in [0.2, 0.25) is 5.91 Å². The van der Waals surface area contributed by atoms with E-state index in [9.17, 15) is 4.79 Å². The van der Waals surface area contributed by atoms with E-state index in [0.29, 0.717) is 6.54 Å². The van der Waals surface area contributed by atoms with Crippen LogP contribution in [-0.2, 0) is 11.3 Å². The number of nitrogens with two attached hydrogens (primary N) is 1. The minimum Gasteiger partial charge on any atom is -0.497 e. The quantitative estimate of drug-likeness (QED) is 0.356. The summed E-state index contributed by atoms with van der Waals surface area (Å²) in [4.78, 5) is 15.9. The first kappa shape index (κ1) is 20.8. The van der Waals surface area contributed by atoms with Crippen LogP contribution < -0.4 is 21.1 Å². The van der Waals surface area contributed by atoms with Crippen molar-refractivity contribution in [1.29, 1.82) is 0 Å². The van der Waals surface area contributed by atoms with Crippen molar-refractivity contribution in [3.63, 3.8) is 0 Å². The lowest BCUT2D eigenvalue weighted by Crippen LogP contribution is -2.28. The van der Waals surface area contributed by atoms with Crippen molar-refractivity contribution < 1.29 is 9.53 Å². The molecule has 0 saturated heterocycles. The fourth-order valence-corrected chi connectivity index (χ4v) is 2.07. The molecule has 0 heterocycles. The summed E-state index contributed by atoms with van der Waals surface area (Å²) >= 11 is 0. The number of amides is 1. The fourth-order valence-electron chi connectivity index (χ4n) is 2.07. The largest absolute Gasteiger partial charge is 0.497 e. The SMILES string of the molecule is COc1ccc(CNC(=O)CN=C(N)Nc2cccc(C)c2)cc1.I. The van der Waals surface area contributed by atoms with Crippen molar-refractivity contribution >= 4 is 41.5 Å². The maximum atomic E-state index is 11.8. The molecule has 1 amide bonds. The minimum atomic E-state index is -0.195. The maximum Gasteiger partial charge on any atom is 0.242 e. The van der Waals surface area contributed by atoms with E-state index in [-0.39, 0.29) is 42.4 Å². The lowest BCUT2D eigenvalue weighted by Gasteiger charge is -2.07. The van der Waals surface area contributed by atoms with Crippen LogP contribution in [0.4, 0.5) is 5.69 Å². The monoisotopic (exact) mass is 454 g/mol. The topological polar surface area (TPSA) is 88.7 Å². The van der Waals surface area contributed by atoms with Gasteiger partial charge in [0.25, 0.3) is 0 Å². The van der Waals surface area contributed by atoms with Crippen molar-refractivity contribution in [1.82, 2.24) is 5.32 Å². The zero-order valence-corrected chi connectivity index (χ0v) is 16.6. The van der Waals surface area contributed by atoms with Gasteiger partial charge in [-0.05, 0) is 42.3 Å². The molecule has 0 radical (unpaired) electrons. The smallest absolute Gasteiger partial charge is 0.242 e. The van der Waals surface area contributed by atoms with E-state index in [1.165, 1.54) is 0 Å². The second kappa shape index (κ2) is 10.5. The lowest BCUT2D eigenvalue weighted by atomic mass is 10.2. The number of anilines is 1. The number of benzene rings is 2. The Bertz CT molecular complexity index is 717. The van der Waals surface area contributed by atoms with Crippen molar-refractivity contribution in [2.75, 3.05) is 19.0 Å². The van der Waals surface area contributed by atoms with Crippen LogP contribution in [-0.4, -0.2) is 25.5 Å². The molecule has 7 heteroatoms. The normalized spacial score (nSPS) is 10.6. The second-order valence-electron chi connectivity index (χ2n) is 5.32. The van der Waals surface area contributed by atoms with Gasteiger partial charge in [0.1, 0.15) is 12.3 Å². The first-order chi connectivity index (χ1) is 11.6. The highest BCUT2D eigenvalue weighted by molar-refractivity contribution is 14.0. The van der Waals surface area contributed by atoms with Crippen LogP contribution in [0.3, 0.4) is 0 Å². The third-order valence-corrected chi connectivity index (χ3v) is 3.33. The Morgan fingerprint density at radius 1 is 1.20 bits per heavy atom. The Balaban J connectivity index is 0.00000312. The summed E-state index contributed by atoms with van der Waals surface area (Å²) in [6, 6.07) is 15.3. The highest BCUT2D eigenvalue weighted by Gasteiger charge is 2.02. The summed E-state index contributed by atoms with van der Waals surface area (Å²) in [6.45, 7) is 2.40. The van der Waals surface area contributed by atoms with Crippen LogP contribution in [0.15, 0.2) is 53.5 Å². The number of hydrogen-bond acceptors (Lipinski definition) is 3. The maximum absolute atomic E-state index is 11.8. The molecule has 134 valence electrons. The van der Waals surface area contributed by atoms with E-state index in [2.05, 4.69) is 15.6 Å². The minimum absolute atomic E-state index is 0. The molecule has 2 aromatic carbocycles. The summed E-state index contributed by atoms with van der Waals surface area (Å²) in [5.74, 6) is 0.796. The number of ether oxygens (including phenoxy) is 1. The predicted molar refractivity (Wildman–Crippen MR) is 112 cm³/mol. The van der Waals surface area contributed by atoms with Gasteiger partial charge in [-0.25, -0.2) is 4.99 Å². The summed E-state index contributed by atoms with van der Waals surface area (Å²) in [5.41, 5.74) is 8.73. The number of rotatable bonds is 6. The highest BCUT2D eigenvalue weighted by atomic mass is 127. The van der Waals surface area contributed by atoms with Crippen molar-refractivity contribution in [3.8, 4) is 5.75 Å². The van der Waals surface area contributed by atoms with E-state index in [4.69, 9.17) is 10.5 Å². The fraction of sp³-hybridized carbons (Fsp3) is 0.222. The van der Waals surface area contributed by atoms with Gasteiger partial charge in [0.15, 0.2) is 5.96 Å². The highest BCUT2D eigenvalue weighted by Crippen LogP contribution is 2.11. The molecule has 0 unspecified atom stereocenters. The van der Waals surface area contributed by atoms with E-state index in [0.717, 1.165) is 22.6 Å². The zero-order valence-electron chi connectivity index (χ0n) is 14.3. The van der Waals surface area contributed by atoms with E-state index < -0.39 is 0 Å². The predicted octanol–water partition coefficient (Wildman–Crippen LogP) is 2.66. The van der Waals surface area contributed by atoms with E-state index in [1.807, 2.05) is 55.5 Å². The molecule has 2 rings (SSSR count). The van der Waals surface area contributed by atoms with Gasteiger partial charge < -0.3 is 21.1 Å². The van der Waals surface area contributed by atoms with E-state index in [1.54, 1.807) is 7.11 Å². The molecule has 4 N–H and O–H groups in total. The molecule has 25 heavy (non-hydrogen) atoms. The molecule has 0 aliphatic rings. The Labute approximate surface area is 164 Å². The van der Waals surface area contributed by atoms with E-state index >= 15 is 0 Å². The van der Waals surface area contributed by atoms with Crippen LogP contribution in [0.2, 0.25) is 0 Å². The third-order valence-electron chi connectivity index (χ3n) is 3.33. The zero-order chi connectivity index (χ0) is 17.4. The summed E-state index contributed by atoms with van der Waals surface area (Å²) in [7, 11) is 1.62. The molecule has 0 aliphatic carbocycles. The second-order valence-corrected chi connectivity index (χ2v) is 5.32. The summed E-state index contributed by atoms with van der Waals surface area (Å²) in [6.07, 6.45) is 0. The number of nitrogens with zero attached hydrogens (tertiary/aromatic N) is 1. The average molecular weight is 454 g/mol. The molecule has 0 saturated carbocycles. The third kappa shape index (κ3) is 7.42. The number of halogens is 1. The number of hydrogen-bond donors (Lipinski definition) is 3. The van der Waals surface area contributed by atoms with Crippen LogP contribution in [0.1, 0.15) is 11.1 Å². The van der Waals surface area contributed by atoms with Gasteiger partial charge in [0, 0.05) is 12.2 Å². The first-order valence-corrected chi connectivity index (χ1v) is 7.60. The molecule has 6 nitrogen and oxygen atoms in total. The van der Waals surface area contributed by atoms with Gasteiger partial charge in [-0.3, -0.25) is 4.79 Å². The molecule has 0 aromatic heterocycles. The number of guanidine groups is 1. The molecule has 0 atom stereocenters. The Morgan fingerprint density at radius 2 is 1.92 bits per heavy atom. The molecule has 0 fully saturated rings. The number of carbonyl (C=O) groups is 1. The molecular weight excluding hydrogens is 431 g/mol. The van der Waals surface area contributed by atoms with Crippen molar-refractivity contribution in [2.45, 2.75) is 13.5 Å². The van der Waals surface area contributed by atoms with Crippen molar-refractivity contribution in [2.24, 2.45) is 10.7 Å². The molecule has 0 aliphatic heterocycles. The number of aliphatic imine (C=N–C) groups is 1. The number of nitrogens with one attached hydrogen (secondary N) is 2. The van der Waals surface area contributed by atoms with Gasteiger partial charge in [-0.15, -0.1) is 24.0 Å². The van der Waals surface area contributed by atoms with Gasteiger partial charge in [-0.1, -0.05) is 24.3 Å². The Kier molecular flexibility index (Phi) is 8.76. The number of aryl methyl sites for hydroxylation is 1. The van der Waals surface area contributed by atoms with Crippen LogP contribution in [0.25, 0.3) is 0 Å². The average Bonchev–Trinajstić information content (AvgIpc) is 2.58. The molecule has 2 aromatic rings. The summed E-state index contributed by atoms with van der Waals surface area (Å²) in [5, 5.41) is 5.75.